The number of anilines is 1. The van der Waals surface area contributed by atoms with Gasteiger partial charge in [-0.3, -0.25) is 4.79 Å². The van der Waals surface area contributed by atoms with E-state index >= 15 is 0 Å². The van der Waals surface area contributed by atoms with Gasteiger partial charge in [0, 0.05) is 23.6 Å². The highest BCUT2D eigenvalue weighted by Gasteiger charge is 2.43. The zero-order valence-corrected chi connectivity index (χ0v) is 19.0. The van der Waals surface area contributed by atoms with Crippen LogP contribution in [-0.2, 0) is 11.2 Å². The minimum absolute atomic E-state index is 0.00905. The first-order valence-corrected chi connectivity index (χ1v) is 11.6. The predicted octanol–water partition coefficient (Wildman–Crippen LogP) is 6.65. The van der Waals surface area contributed by atoms with Crippen molar-refractivity contribution < 1.29 is 9.90 Å². The van der Waals surface area contributed by atoms with Crippen LogP contribution in [0.15, 0.2) is 91.0 Å². The maximum atomic E-state index is 12.7. The van der Waals surface area contributed by atoms with E-state index in [1.807, 2.05) is 30.3 Å². The number of carboxylic acids is 1. The van der Waals surface area contributed by atoms with Gasteiger partial charge in [-0.15, -0.1) is 0 Å². The smallest absolute Gasteiger partial charge is 0.307 e. The van der Waals surface area contributed by atoms with Crippen molar-refractivity contribution in [2.24, 2.45) is 11.8 Å². The Kier molecular flexibility index (Phi) is 5.63. The van der Waals surface area contributed by atoms with Crippen LogP contribution in [-0.4, -0.2) is 17.1 Å². The Labute approximate surface area is 195 Å². The number of aryl methyl sites for hydroxylation is 1. The van der Waals surface area contributed by atoms with Crippen LogP contribution in [0.2, 0.25) is 0 Å². The van der Waals surface area contributed by atoms with Gasteiger partial charge in [-0.05, 0) is 53.8 Å². The second-order valence-corrected chi connectivity index (χ2v) is 9.28. The van der Waals surface area contributed by atoms with E-state index in [1.165, 1.54) is 27.5 Å². The molecule has 4 atom stereocenters. The fourth-order valence-electron chi connectivity index (χ4n) is 5.58. The summed E-state index contributed by atoms with van der Waals surface area (Å²) in [6.07, 6.45) is 0.509. The van der Waals surface area contributed by atoms with Gasteiger partial charge in [0.2, 0.25) is 0 Å². The van der Waals surface area contributed by atoms with Crippen LogP contribution in [0, 0.1) is 18.8 Å². The molecule has 1 aliphatic heterocycles. The molecule has 3 nitrogen and oxygen atoms in total. The molecule has 33 heavy (non-hydrogen) atoms. The summed E-state index contributed by atoms with van der Waals surface area (Å²) in [4.78, 5) is 12.7. The van der Waals surface area contributed by atoms with Gasteiger partial charge in [0.25, 0.3) is 0 Å². The molecule has 5 rings (SSSR count). The minimum atomic E-state index is -0.738. The van der Waals surface area contributed by atoms with E-state index in [0.29, 0.717) is 6.42 Å². The first kappa shape index (κ1) is 21.3. The third-order valence-electron chi connectivity index (χ3n) is 7.14. The zero-order valence-electron chi connectivity index (χ0n) is 19.0. The largest absolute Gasteiger partial charge is 0.481 e. The van der Waals surface area contributed by atoms with E-state index in [-0.39, 0.29) is 17.9 Å². The van der Waals surface area contributed by atoms with Crippen LogP contribution in [0.25, 0.3) is 10.8 Å². The summed E-state index contributed by atoms with van der Waals surface area (Å²) in [5.41, 5.74) is 5.75. The SMILES string of the molecule is Cc1ccc(C2c3c(ccc4ccccc34)NC(C)C2C(Cc2ccccc2)C(=O)O)cc1. The summed E-state index contributed by atoms with van der Waals surface area (Å²) < 4.78 is 0. The number of aliphatic carboxylic acids is 1. The molecule has 3 heteroatoms. The highest BCUT2D eigenvalue weighted by atomic mass is 16.4. The maximum absolute atomic E-state index is 12.7. The Balaban J connectivity index is 1.71. The van der Waals surface area contributed by atoms with Crippen molar-refractivity contribution in [1.82, 2.24) is 0 Å². The third kappa shape index (κ3) is 4.00. The Morgan fingerprint density at radius 1 is 0.909 bits per heavy atom. The summed E-state index contributed by atoms with van der Waals surface area (Å²) in [5.74, 6) is -1.39. The molecular weight excluding hydrogens is 406 g/mol. The Hall–Kier alpha value is -3.59. The third-order valence-corrected chi connectivity index (χ3v) is 7.14. The lowest BCUT2D eigenvalue weighted by molar-refractivity contribution is -0.144. The lowest BCUT2D eigenvalue weighted by Crippen LogP contribution is -2.44. The number of fused-ring (bicyclic) bond motifs is 3. The molecule has 4 aromatic carbocycles. The number of rotatable bonds is 5. The van der Waals surface area contributed by atoms with Gasteiger partial charge in [0.05, 0.1) is 5.92 Å². The molecule has 0 aromatic heterocycles. The van der Waals surface area contributed by atoms with E-state index in [2.05, 4.69) is 79.8 Å². The van der Waals surface area contributed by atoms with Crippen molar-refractivity contribution >= 4 is 22.4 Å². The van der Waals surface area contributed by atoms with E-state index in [0.717, 1.165) is 11.3 Å². The van der Waals surface area contributed by atoms with E-state index in [4.69, 9.17) is 0 Å². The highest BCUT2D eigenvalue weighted by Crippen LogP contribution is 2.49. The van der Waals surface area contributed by atoms with Crippen LogP contribution in [0.3, 0.4) is 0 Å². The fourth-order valence-corrected chi connectivity index (χ4v) is 5.58. The van der Waals surface area contributed by atoms with Gasteiger partial charge in [-0.1, -0.05) is 90.5 Å². The van der Waals surface area contributed by atoms with Gasteiger partial charge in [-0.25, -0.2) is 0 Å². The molecule has 0 saturated carbocycles. The molecule has 0 bridgehead atoms. The van der Waals surface area contributed by atoms with Gasteiger partial charge >= 0.3 is 5.97 Å². The molecule has 4 aromatic rings. The van der Waals surface area contributed by atoms with E-state index in [1.54, 1.807) is 0 Å². The van der Waals surface area contributed by atoms with Crippen LogP contribution >= 0.6 is 0 Å². The van der Waals surface area contributed by atoms with Gasteiger partial charge in [-0.2, -0.15) is 0 Å². The van der Waals surface area contributed by atoms with Gasteiger partial charge in [0.15, 0.2) is 0 Å². The second-order valence-electron chi connectivity index (χ2n) is 9.28. The van der Waals surface area contributed by atoms with Crippen LogP contribution < -0.4 is 5.32 Å². The Morgan fingerprint density at radius 2 is 1.61 bits per heavy atom. The lowest BCUT2D eigenvalue weighted by atomic mass is 9.66. The normalized spacial score (nSPS) is 20.6. The van der Waals surface area contributed by atoms with Crippen molar-refractivity contribution in [3.8, 4) is 0 Å². The molecule has 0 radical (unpaired) electrons. The number of benzene rings is 4. The average Bonchev–Trinajstić information content (AvgIpc) is 2.83. The molecule has 0 fully saturated rings. The van der Waals surface area contributed by atoms with Crippen LogP contribution in [0.1, 0.15) is 35.1 Å². The Morgan fingerprint density at radius 3 is 2.33 bits per heavy atom. The monoisotopic (exact) mass is 435 g/mol. The molecule has 0 amide bonds. The van der Waals surface area contributed by atoms with E-state index < -0.39 is 11.9 Å². The standard InChI is InChI=1S/C30H29NO2/c1-19-12-14-23(15-13-19)28-27(25(30(32)33)18-21-8-4-3-5-9-21)20(2)31-26-17-16-22-10-6-7-11-24(22)29(26)28/h3-17,20,25,27-28,31H,18H2,1-2H3,(H,32,33). The minimum Gasteiger partial charge on any atom is -0.481 e. The Bertz CT molecular complexity index is 1280. The number of nitrogens with one attached hydrogen (secondary N) is 1. The number of carboxylic acid groups (broad SMARTS) is 1. The summed E-state index contributed by atoms with van der Waals surface area (Å²) in [7, 11) is 0. The molecule has 0 spiro atoms. The first-order chi connectivity index (χ1) is 16.0. The average molecular weight is 436 g/mol. The summed E-state index contributed by atoms with van der Waals surface area (Å²) >= 11 is 0. The van der Waals surface area contributed by atoms with E-state index in [9.17, 15) is 9.90 Å². The van der Waals surface area contributed by atoms with Gasteiger partial charge < -0.3 is 10.4 Å². The fraction of sp³-hybridized carbons (Fsp3) is 0.233. The lowest BCUT2D eigenvalue weighted by Gasteiger charge is -2.43. The van der Waals surface area contributed by atoms with Crippen molar-refractivity contribution in [2.45, 2.75) is 32.2 Å². The zero-order chi connectivity index (χ0) is 22.9. The highest BCUT2D eigenvalue weighted by molar-refractivity contribution is 5.92. The quantitative estimate of drug-likeness (QED) is 0.369. The topological polar surface area (TPSA) is 49.3 Å². The van der Waals surface area contributed by atoms with Crippen molar-refractivity contribution in [1.29, 1.82) is 0 Å². The molecule has 1 aliphatic rings. The molecule has 2 N–H and O–H groups in total. The summed E-state index contributed by atoms with van der Waals surface area (Å²) in [5, 5.41) is 16.5. The molecular formula is C30H29NO2. The van der Waals surface area contributed by atoms with Crippen LogP contribution in [0.4, 0.5) is 5.69 Å². The number of hydrogen-bond acceptors (Lipinski definition) is 2. The number of carbonyl (C=O) groups is 1. The first-order valence-electron chi connectivity index (χ1n) is 11.6. The molecule has 166 valence electrons. The molecule has 1 heterocycles. The van der Waals surface area contributed by atoms with Crippen LogP contribution in [0.5, 0.6) is 0 Å². The van der Waals surface area contributed by atoms with Crippen molar-refractivity contribution in [2.75, 3.05) is 5.32 Å². The summed E-state index contributed by atoms with van der Waals surface area (Å²) in [6.45, 7) is 4.22. The molecule has 0 saturated heterocycles. The number of hydrogen-bond donors (Lipinski definition) is 2. The molecule has 0 aliphatic carbocycles. The van der Waals surface area contributed by atoms with Gasteiger partial charge in [0.1, 0.15) is 0 Å². The maximum Gasteiger partial charge on any atom is 0.307 e. The predicted molar refractivity (Wildman–Crippen MR) is 135 cm³/mol. The van der Waals surface area contributed by atoms with Crippen molar-refractivity contribution in [3.05, 3.63) is 113 Å². The molecule has 4 unspecified atom stereocenters. The summed E-state index contributed by atoms with van der Waals surface area (Å²) in [6, 6.07) is 31.4. The van der Waals surface area contributed by atoms with Crippen molar-refractivity contribution in [3.63, 3.8) is 0 Å². The second kappa shape index (κ2) is 8.74.